The Kier molecular flexibility index (Phi) is 5.28. The molecule has 0 saturated carbocycles. The monoisotopic (exact) mass is 358 g/mol. The number of amides is 1. The molecule has 7 heteroatoms. The molecule has 3 rings (SSSR count). The molecule has 0 aliphatic heterocycles. The van der Waals surface area contributed by atoms with Crippen LogP contribution < -0.4 is 15.5 Å². The minimum atomic E-state index is -0.295. The molecule has 0 radical (unpaired) electrons. The molecule has 0 aliphatic rings. The van der Waals surface area contributed by atoms with Gasteiger partial charge in [-0.3, -0.25) is 4.79 Å². The van der Waals surface area contributed by atoms with Crippen LogP contribution >= 0.6 is 0 Å². The van der Waals surface area contributed by atoms with Crippen LogP contribution in [0.25, 0.3) is 0 Å². The first kappa shape index (κ1) is 17.9. The summed E-state index contributed by atoms with van der Waals surface area (Å²) in [6, 6.07) is 16.7. The Labute approximate surface area is 157 Å². The number of rotatable bonds is 5. The Hall–Kier alpha value is -3.92. The van der Waals surface area contributed by atoms with Crippen LogP contribution in [0, 0.1) is 11.3 Å². The summed E-state index contributed by atoms with van der Waals surface area (Å²) in [4.78, 5) is 22.6. The zero-order chi connectivity index (χ0) is 19.2. The molecule has 3 aromatic rings. The van der Waals surface area contributed by atoms with Crippen molar-refractivity contribution in [2.24, 2.45) is 0 Å². The fourth-order valence-corrected chi connectivity index (χ4v) is 2.37. The van der Waals surface area contributed by atoms with Crippen molar-refractivity contribution in [2.45, 2.75) is 0 Å². The van der Waals surface area contributed by atoms with E-state index in [4.69, 9.17) is 5.26 Å². The predicted octanol–water partition coefficient (Wildman–Crippen LogP) is 3.41. The lowest BCUT2D eigenvalue weighted by Crippen LogP contribution is -2.13. The maximum absolute atomic E-state index is 12.3. The number of anilines is 4. The molecule has 134 valence electrons. The molecule has 0 unspecified atom stereocenters. The molecule has 1 amide bonds. The Balaban J connectivity index is 1.67. The molecule has 1 aromatic heterocycles. The lowest BCUT2D eigenvalue weighted by molar-refractivity contribution is 0.102. The second-order valence-electron chi connectivity index (χ2n) is 5.97. The van der Waals surface area contributed by atoms with Gasteiger partial charge in [0.2, 0.25) is 5.95 Å². The van der Waals surface area contributed by atoms with Crippen molar-refractivity contribution < 1.29 is 4.79 Å². The van der Waals surface area contributed by atoms with Crippen LogP contribution in [0.4, 0.5) is 23.0 Å². The normalized spacial score (nSPS) is 9.96. The second kappa shape index (κ2) is 7.97. The van der Waals surface area contributed by atoms with Crippen molar-refractivity contribution in [3.8, 4) is 6.07 Å². The summed E-state index contributed by atoms with van der Waals surface area (Å²) in [7, 11) is 3.91. The highest BCUT2D eigenvalue weighted by Crippen LogP contribution is 2.18. The first-order chi connectivity index (χ1) is 13.1. The minimum Gasteiger partial charge on any atom is -0.378 e. The molecule has 27 heavy (non-hydrogen) atoms. The summed E-state index contributed by atoms with van der Waals surface area (Å²) in [5.74, 6) is 0.0150. The molecule has 0 atom stereocenters. The third-order valence-corrected chi connectivity index (χ3v) is 3.85. The number of aromatic nitrogens is 2. The summed E-state index contributed by atoms with van der Waals surface area (Å²) >= 11 is 0. The highest BCUT2D eigenvalue weighted by Gasteiger charge is 2.09. The summed E-state index contributed by atoms with van der Waals surface area (Å²) < 4.78 is 0. The fourth-order valence-electron chi connectivity index (χ4n) is 2.37. The first-order valence-electron chi connectivity index (χ1n) is 8.24. The van der Waals surface area contributed by atoms with Crippen molar-refractivity contribution in [1.29, 1.82) is 5.26 Å². The molecule has 0 aliphatic carbocycles. The fraction of sp³-hybridized carbons (Fsp3) is 0.100. The van der Waals surface area contributed by atoms with E-state index >= 15 is 0 Å². The first-order valence-corrected chi connectivity index (χ1v) is 8.24. The molecule has 0 spiro atoms. The van der Waals surface area contributed by atoms with E-state index in [-0.39, 0.29) is 5.91 Å². The number of benzene rings is 2. The van der Waals surface area contributed by atoms with Gasteiger partial charge in [0.05, 0.1) is 16.8 Å². The van der Waals surface area contributed by atoms with Crippen LogP contribution in [0.2, 0.25) is 0 Å². The lowest BCUT2D eigenvalue weighted by Gasteiger charge is -2.13. The Bertz CT molecular complexity index is 975. The SMILES string of the molecule is CN(C)c1ccc(NC(=O)c2cnc(Nc3ccccc3C#N)nc2)cc1. The van der Waals surface area contributed by atoms with Gasteiger partial charge in [0.15, 0.2) is 0 Å². The van der Waals surface area contributed by atoms with E-state index in [1.165, 1.54) is 12.4 Å². The second-order valence-corrected chi connectivity index (χ2v) is 5.97. The van der Waals surface area contributed by atoms with E-state index < -0.39 is 0 Å². The number of hydrogen-bond donors (Lipinski definition) is 2. The quantitative estimate of drug-likeness (QED) is 0.726. The van der Waals surface area contributed by atoms with Gasteiger partial charge in [0, 0.05) is 37.9 Å². The van der Waals surface area contributed by atoms with Gasteiger partial charge < -0.3 is 15.5 Å². The van der Waals surface area contributed by atoms with E-state index in [0.29, 0.717) is 28.5 Å². The lowest BCUT2D eigenvalue weighted by atomic mass is 10.2. The zero-order valence-electron chi connectivity index (χ0n) is 15.0. The zero-order valence-corrected chi connectivity index (χ0v) is 15.0. The number of para-hydroxylation sites is 1. The van der Waals surface area contributed by atoms with Crippen LogP contribution in [0.1, 0.15) is 15.9 Å². The summed E-state index contributed by atoms with van der Waals surface area (Å²) in [5, 5.41) is 14.9. The summed E-state index contributed by atoms with van der Waals surface area (Å²) in [6.45, 7) is 0. The summed E-state index contributed by atoms with van der Waals surface area (Å²) in [6.07, 6.45) is 2.88. The average molecular weight is 358 g/mol. The van der Waals surface area contributed by atoms with Crippen LogP contribution in [0.3, 0.4) is 0 Å². The Morgan fingerprint density at radius 3 is 2.33 bits per heavy atom. The number of carbonyl (C=O) groups excluding carboxylic acids is 1. The van der Waals surface area contributed by atoms with E-state index in [2.05, 4.69) is 26.7 Å². The van der Waals surface area contributed by atoms with Crippen LogP contribution in [0.5, 0.6) is 0 Å². The third-order valence-electron chi connectivity index (χ3n) is 3.85. The van der Waals surface area contributed by atoms with Crippen molar-refractivity contribution in [1.82, 2.24) is 9.97 Å². The van der Waals surface area contributed by atoms with Crippen LogP contribution in [-0.4, -0.2) is 30.0 Å². The number of nitrogens with zero attached hydrogens (tertiary/aromatic N) is 4. The maximum atomic E-state index is 12.3. The van der Waals surface area contributed by atoms with Gasteiger partial charge in [-0.05, 0) is 36.4 Å². The largest absolute Gasteiger partial charge is 0.378 e. The topological polar surface area (TPSA) is 93.9 Å². The van der Waals surface area contributed by atoms with Crippen molar-refractivity contribution in [3.05, 3.63) is 72.1 Å². The smallest absolute Gasteiger partial charge is 0.258 e. The van der Waals surface area contributed by atoms with Crippen molar-refractivity contribution in [3.63, 3.8) is 0 Å². The average Bonchev–Trinajstić information content (AvgIpc) is 2.69. The van der Waals surface area contributed by atoms with E-state index in [1.807, 2.05) is 49.3 Å². The molecule has 1 heterocycles. The van der Waals surface area contributed by atoms with Crippen molar-refractivity contribution >= 4 is 28.9 Å². The molecule has 2 N–H and O–H groups in total. The molecular formula is C20H18N6O. The van der Waals surface area contributed by atoms with Crippen LogP contribution in [0.15, 0.2) is 60.9 Å². The molecule has 0 saturated heterocycles. The molecule has 7 nitrogen and oxygen atoms in total. The number of carbonyl (C=O) groups is 1. The minimum absolute atomic E-state index is 0.295. The number of hydrogen-bond acceptors (Lipinski definition) is 6. The van der Waals surface area contributed by atoms with Gasteiger partial charge in [-0.2, -0.15) is 5.26 Å². The molecular weight excluding hydrogens is 340 g/mol. The number of nitrogens with one attached hydrogen (secondary N) is 2. The van der Waals surface area contributed by atoms with Gasteiger partial charge in [0.25, 0.3) is 5.91 Å². The highest BCUT2D eigenvalue weighted by molar-refractivity contribution is 6.04. The van der Waals surface area contributed by atoms with Gasteiger partial charge in [-0.1, -0.05) is 12.1 Å². The van der Waals surface area contributed by atoms with E-state index in [9.17, 15) is 4.79 Å². The standard InChI is InChI=1S/C20H18N6O/c1-26(2)17-9-7-16(8-10-17)24-19(27)15-12-22-20(23-13-15)25-18-6-4-3-5-14(18)11-21/h3-10,12-13H,1-2H3,(H,24,27)(H,22,23,25). The Morgan fingerprint density at radius 1 is 1.04 bits per heavy atom. The summed E-state index contributed by atoms with van der Waals surface area (Å²) in [5.41, 5.74) is 3.17. The third kappa shape index (κ3) is 4.38. The Morgan fingerprint density at radius 2 is 1.70 bits per heavy atom. The van der Waals surface area contributed by atoms with Crippen LogP contribution in [-0.2, 0) is 0 Å². The van der Waals surface area contributed by atoms with Gasteiger partial charge in [0.1, 0.15) is 6.07 Å². The highest BCUT2D eigenvalue weighted by atomic mass is 16.1. The van der Waals surface area contributed by atoms with E-state index in [1.54, 1.807) is 18.2 Å². The molecule has 0 bridgehead atoms. The molecule has 0 fully saturated rings. The van der Waals surface area contributed by atoms with Gasteiger partial charge in [-0.15, -0.1) is 0 Å². The van der Waals surface area contributed by atoms with Gasteiger partial charge >= 0.3 is 0 Å². The predicted molar refractivity (Wildman–Crippen MR) is 105 cm³/mol. The van der Waals surface area contributed by atoms with E-state index in [0.717, 1.165) is 5.69 Å². The maximum Gasteiger partial charge on any atom is 0.258 e. The molecule has 2 aromatic carbocycles. The number of nitriles is 1. The van der Waals surface area contributed by atoms with Crippen molar-refractivity contribution in [2.75, 3.05) is 29.6 Å². The van der Waals surface area contributed by atoms with Gasteiger partial charge in [-0.25, -0.2) is 9.97 Å².